The average molecular weight is 272 g/mol. The third-order valence-electron chi connectivity index (χ3n) is 2.67. The number of carboxylic acids is 1. The van der Waals surface area contributed by atoms with Crippen LogP contribution in [0.5, 0.6) is 5.75 Å². The van der Waals surface area contributed by atoms with Gasteiger partial charge < -0.3 is 15.5 Å². The van der Waals surface area contributed by atoms with E-state index in [9.17, 15) is 14.7 Å². The number of aromatic carboxylic acids is 1. The SMILES string of the molecule is Cc1ccc(C(=O)Nc2ncccc2C(=O)O)c(O)c1. The van der Waals surface area contributed by atoms with Gasteiger partial charge in [-0.2, -0.15) is 0 Å². The smallest absolute Gasteiger partial charge is 0.339 e. The fraction of sp³-hybridized carbons (Fsp3) is 0.0714. The number of carboxylic acid groups (broad SMARTS) is 1. The van der Waals surface area contributed by atoms with Crippen LogP contribution >= 0.6 is 0 Å². The second-order valence-corrected chi connectivity index (χ2v) is 4.18. The Kier molecular flexibility index (Phi) is 3.65. The van der Waals surface area contributed by atoms with Crippen molar-refractivity contribution in [3.8, 4) is 5.75 Å². The van der Waals surface area contributed by atoms with Crippen LogP contribution in [0.4, 0.5) is 5.82 Å². The van der Waals surface area contributed by atoms with Gasteiger partial charge in [0, 0.05) is 6.20 Å². The Morgan fingerprint density at radius 1 is 1.20 bits per heavy atom. The van der Waals surface area contributed by atoms with Crippen molar-refractivity contribution >= 4 is 17.7 Å². The van der Waals surface area contributed by atoms with E-state index in [0.717, 1.165) is 5.56 Å². The lowest BCUT2D eigenvalue weighted by molar-refractivity contribution is 0.0697. The molecule has 0 aliphatic heterocycles. The van der Waals surface area contributed by atoms with Crippen LogP contribution in [0.2, 0.25) is 0 Å². The lowest BCUT2D eigenvalue weighted by Gasteiger charge is -2.08. The van der Waals surface area contributed by atoms with Gasteiger partial charge in [-0.3, -0.25) is 4.79 Å². The summed E-state index contributed by atoms with van der Waals surface area (Å²) in [5, 5.41) is 21.1. The minimum atomic E-state index is -1.19. The molecule has 2 rings (SSSR count). The molecular weight excluding hydrogens is 260 g/mol. The van der Waals surface area contributed by atoms with E-state index in [0.29, 0.717) is 0 Å². The summed E-state index contributed by atoms with van der Waals surface area (Å²) in [5.41, 5.74) is 0.744. The number of benzene rings is 1. The van der Waals surface area contributed by atoms with Crippen molar-refractivity contribution in [1.29, 1.82) is 0 Å². The minimum Gasteiger partial charge on any atom is -0.507 e. The summed E-state index contributed by atoms with van der Waals surface area (Å²) in [6.07, 6.45) is 1.37. The summed E-state index contributed by atoms with van der Waals surface area (Å²) in [5.74, 6) is -2.05. The normalized spacial score (nSPS) is 10.1. The summed E-state index contributed by atoms with van der Waals surface area (Å²) in [7, 11) is 0. The van der Waals surface area contributed by atoms with Crippen molar-refractivity contribution in [2.75, 3.05) is 5.32 Å². The van der Waals surface area contributed by atoms with E-state index < -0.39 is 11.9 Å². The zero-order valence-corrected chi connectivity index (χ0v) is 10.6. The topological polar surface area (TPSA) is 99.5 Å². The van der Waals surface area contributed by atoms with Crippen LogP contribution in [0.3, 0.4) is 0 Å². The molecule has 0 unspecified atom stereocenters. The van der Waals surface area contributed by atoms with Crippen molar-refractivity contribution in [2.24, 2.45) is 0 Å². The number of phenolic OH excluding ortho intramolecular Hbond substituents is 1. The quantitative estimate of drug-likeness (QED) is 0.794. The van der Waals surface area contributed by atoms with Crippen LogP contribution in [0.25, 0.3) is 0 Å². The summed E-state index contributed by atoms with van der Waals surface area (Å²) >= 11 is 0. The molecule has 1 amide bonds. The van der Waals surface area contributed by atoms with Gasteiger partial charge in [-0.1, -0.05) is 6.07 Å². The predicted octanol–water partition coefficient (Wildman–Crippen LogP) is 2.05. The number of aromatic hydroxyl groups is 1. The first-order valence-corrected chi connectivity index (χ1v) is 5.78. The summed E-state index contributed by atoms with van der Waals surface area (Å²) in [6, 6.07) is 7.38. The molecule has 0 saturated heterocycles. The number of amides is 1. The number of aryl methyl sites for hydroxylation is 1. The Bertz CT molecular complexity index is 683. The molecule has 6 nitrogen and oxygen atoms in total. The zero-order valence-electron chi connectivity index (χ0n) is 10.6. The number of hydrogen-bond donors (Lipinski definition) is 3. The molecule has 0 saturated carbocycles. The number of phenols is 1. The number of pyridine rings is 1. The Morgan fingerprint density at radius 2 is 1.95 bits per heavy atom. The molecular formula is C14H12N2O4. The third kappa shape index (κ3) is 2.74. The van der Waals surface area contributed by atoms with E-state index in [1.807, 2.05) is 0 Å². The van der Waals surface area contributed by atoms with E-state index in [1.54, 1.807) is 13.0 Å². The van der Waals surface area contributed by atoms with E-state index >= 15 is 0 Å². The second-order valence-electron chi connectivity index (χ2n) is 4.18. The van der Waals surface area contributed by atoms with Crippen LogP contribution in [0.15, 0.2) is 36.5 Å². The van der Waals surface area contributed by atoms with Crippen LogP contribution in [-0.4, -0.2) is 27.1 Å². The van der Waals surface area contributed by atoms with Gasteiger partial charge in [0.05, 0.1) is 5.56 Å². The Balaban J connectivity index is 2.30. The Hall–Kier alpha value is -2.89. The Labute approximate surface area is 114 Å². The number of rotatable bonds is 3. The lowest BCUT2D eigenvalue weighted by atomic mass is 10.1. The van der Waals surface area contributed by atoms with Gasteiger partial charge in [-0.25, -0.2) is 9.78 Å². The number of hydrogen-bond acceptors (Lipinski definition) is 4. The maximum atomic E-state index is 12.0. The van der Waals surface area contributed by atoms with Crippen LogP contribution in [-0.2, 0) is 0 Å². The molecule has 102 valence electrons. The summed E-state index contributed by atoms with van der Waals surface area (Å²) < 4.78 is 0. The number of aromatic nitrogens is 1. The number of carbonyl (C=O) groups is 2. The molecule has 1 heterocycles. The van der Waals surface area contributed by atoms with Gasteiger partial charge >= 0.3 is 5.97 Å². The molecule has 6 heteroatoms. The lowest BCUT2D eigenvalue weighted by Crippen LogP contribution is -2.16. The highest BCUT2D eigenvalue weighted by Crippen LogP contribution is 2.20. The molecule has 1 aromatic carbocycles. The molecule has 2 aromatic rings. The first-order chi connectivity index (χ1) is 9.49. The van der Waals surface area contributed by atoms with Gasteiger partial charge in [0.1, 0.15) is 17.1 Å². The first kappa shape index (κ1) is 13.5. The highest BCUT2D eigenvalue weighted by atomic mass is 16.4. The van der Waals surface area contributed by atoms with E-state index in [1.165, 1.54) is 30.5 Å². The summed E-state index contributed by atoms with van der Waals surface area (Å²) in [6.45, 7) is 1.78. The van der Waals surface area contributed by atoms with Crippen LogP contribution in [0, 0.1) is 6.92 Å². The van der Waals surface area contributed by atoms with Crippen molar-refractivity contribution in [3.63, 3.8) is 0 Å². The van der Waals surface area contributed by atoms with Gasteiger partial charge in [-0.15, -0.1) is 0 Å². The van der Waals surface area contributed by atoms with Gasteiger partial charge in [0.15, 0.2) is 0 Å². The fourth-order valence-corrected chi connectivity index (χ4v) is 1.69. The predicted molar refractivity (Wildman–Crippen MR) is 72.0 cm³/mol. The van der Waals surface area contributed by atoms with E-state index in [4.69, 9.17) is 5.11 Å². The second kappa shape index (κ2) is 5.40. The van der Waals surface area contributed by atoms with Gasteiger partial charge in [0.2, 0.25) is 0 Å². The Morgan fingerprint density at radius 3 is 2.60 bits per heavy atom. The number of nitrogens with one attached hydrogen (secondary N) is 1. The van der Waals surface area contributed by atoms with Crippen LogP contribution in [0.1, 0.15) is 26.3 Å². The molecule has 1 aromatic heterocycles. The van der Waals surface area contributed by atoms with Crippen molar-refractivity contribution in [3.05, 3.63) is 53.2 Å². The molecule has 0 spiro atoms. The number of nitrogens with zero attached hydrogens (tertiary/aromatic N) is 1. The third-order valence-corrected chi connectivity index (χ3v) is 2.67. The maximum absolute atomic E-state index is 12.0. The average Bonchev–Trinajstić information content (AvgIpc) is 2.38. The number of carbonyl (C=O) groups excluding carboxylic acids is 1. The molecule has 0 aliphatic carbocycles. The largest absolute Gasteiger partial charge is 0.507 e. The molecule has 0 atom stereocenters. The van der Waals surface area contributed by atoms with Gasteiger partial charge in [-0.05, 0) is 36.8 Å². The summed E-state index contributed by atoms with van der Waals surface area (Å²) in [4.78, 5) is 26.8. The van der Waals surface area contributed by atoms with Crippen molar-refractivity contribution in [2.45, 2.75) is 6.92 Å². The maximum Gasteiger partial charge on any atom is 0.339 e. The van der Waals surface area contributed by atoms with Crippen LogP contribution < -0.4 is 5.32 Å². The first-order valence-electron chi connectivity index (χ1n) is 5.78. The van der Waals surface area contributed by atoms with E-state index in [2.05, 4.69) is 10.3 Å². The highest BCUT2D eigenvalue weighted by molar-refractivity contribution is 6.08. The molecule has 0 aliphatic rings. The monoisotopic (exact) mass is 272 g/mol. The molecule has 0 fully saturated rings. The van der Waals surface area contributed by atoms with Crippen molar-refractivity contribution < 1.29 is 19.8 Å². The molecule has 0 bridgehead atoms. The fourth-order valence-electron chi connectivity index (χ4n) is 1.69. The number of anilines is 1. The molecule has 20 heavy (non-hydrogen) atoms. The highest BCUT2D eigenvalue weighted by Gasteiger charge is 2.16. The molecule has 0 radical (unpaired) electrons. The minimum absolute atomic E-state index is 0.0533. The van der Waals surface area contributed by atoms with E-state index in [-0.39, 0.29) is 22.7 Å². The zero-order chi connectivity index (χ0) is 14.7. The van der Waals surface area contributed by atoms with Crippen molar-refractivity contribution in [1.82, 2.24) is 4.98 Å². The molecule has 3 N–H and O–H groups in total. The standard InChI is InChI=1S/C14H12N2O4/c1-8-4-5-9(11(17)7-8)13(18)16-12-10(14(19)20)3-2-6-15-12/h2-7,17H,1H3,(H,19,20)(H,15,16,18). The van der Waals surface area contributed by atoms with Gasteiger partial charge in [0.25, 0.3) is 5.91 Å².